The lowest BCUT2D eigenvalue weighted by atomic mass is 9.59. The molecular formula is C30H54O5. The highest BCUT2D eigenvalue weighted by molar-refractivity contribution is 4.96. The van der Waals surface area contributed by atoms with Crippen LogP contribution in [-0.2, 0) is 9.47 Å². The molecular weight excluding hydrogens is 440 g/mol. The van der Waals surface area contributed by atoms with Gasteiger partial charge in [0.25, 0.3) is 0 Å². The van der Waals surface area contributed by atoms with Crippen molar-refractivity contribution in [3.8, 4) is 0 Å². The van der Waals surface area contributed by atoms with Crippen LogP contribution < -0.4 is 0 Å². The van der Waals surface area contributed by atoms with Gasteiger partial charge in [-0.2, -0.15) is 0 Å². The number of aliphatic hydroxyl groups excluding tert-OH is 2. The summed E-state index contributed by atoms with van der Waals surface area (Å²) in [7, 11) is 0. The monoisotopic (exact) mass is 494 g/mol. The number of hydrogen-bond donors (Lipinski definition) is 3. The first kappa shape index (κ1) is 27.8. The van der Waals surface area contributed by atoms with Crippen LogP contribution in [0, 0.1) is 59.2 Å². The van der Waals surface area contributed by atoms with Gasteiger partial charge in [-0.05, 0) is 105 Å². The second kappa shape index (κ2) is 11.3. The molecule has 4 fully saturated rings. The Kier molecular flexibility index (Phi) is 8.96. The molecule has 2 aliphatic carbocycles. The van der Waals surface area contributed by atoms with Crippen LogP contribution in [0.3, 0.4) is 0 Å². The molecule has 204 valence electrons. The van der Waals surface area contributed by atoms with E-state index < -0.39 is 18.0 Å². The number of hydrogen-bond acceptors (Lipinski definition) is 5. The first-order valence-electron chi connectivity index (χ1n) is 14.8. The zero-order chi connectivity index (χ0) is 25.5. The average molecular weight is 495 g/mol. The second-order valence-corrected chi connectivity index (χ2v) is 13.5. The standard InChI is InChI=1S/C30H54O5/c1-17-7-10-24(26-15-34-19(3)9-12-22(17)26)20(4)28(31)29(32)21(5)25-11-8-18(2)23-13-14-30(6,33)35-16-27(23)25/h17-29,31-33H,7-16H2,1-6H3/t17-,18-,19?,20?,21?,22?,23?,24+,25+,26?,27?,28?,29?,30+/m1/s1. The Morgan fingerprint density at radius 1 is 0.686 bits per heavy atom. The topological polar surface area (TPSA) is 79.2 Å². The first-order chi connectivity index (χ1) is 16.5. The van der Waals surface area contributed by atoms with E-state index in [1.165, 1.54) is 12.8 Å². The summed E-state index contributed by atoms with van der Waals surface area (Å²) >= 11 is 0. The van der Waals surface area contributed by atoms with Gasteiger partial charge in [0.2, 0.25) is 0 Å². The van der Waals surface area contributed by atoms with Crippen LogP contribution in [-0.4, -0.2) is 52.6 Å². The maximum atomic E-state index is 11.5. The lowest BCUT2D eigenvalue weighted by Crippen LogP contribution is -2.49. The largest absolute Gasteiger partial charge is 0.390 e. The zero-order valence-corrected chi connectivity index (χ0v) is 23.2. The molecule has 0 spiro atoms. The third kappa shape index (κ3) is 5.95. The Hall–Kier alpha value is -0.200. The van der Waals surface area contributed by atoms with E-state index in [4.69, 9.17) is 9.47 Å². The van der Waals surface area contributed by atoms with Gasteiger partial charge in [-0.25, -0.2) is 0 Å². The molecule has 9 unspecified atom stereocenters. The first-order valence-corrected chi connectivity index (χ1v) is 14.8. The molecule has 2 heterocycles. The van der Waals surface area contributed by atoms with Gasteiger partial charge >= 0.3 is 0 Å². The van der Waals surface area contributed by atoms with Crippen molar-refractivity contribution in [1.29, 1.82) is 0 Å². The molecule has 5 nitrogen and oxygen atoms in total. The molecule has 0 amide bonds. The Morgan fingerprint density at radius 2 is 1.20 bits per heavy atom. The van der Waals surface area contributed by atoms with Gasteiger partial charge in [0.05, 0.1) is 31.5 Å². The number of aliphatic hydroxyl groups is 3. The van der Waals surface area contributed by atoms with Crippen LogP contribution in [0.25, 0.3) is 0 Å². The van der Waals surface area contributed by atoms with Gasteiger partial charge in [-0.3, -0.25) is 0 Å². The molecule has 35 heavy (non-hydrogen) atoms. The van der Waals surface area contributed by atoms with Crippen LogP contribution in [0.5, 0.6) is 0 Å². The molecule has 4 aliphatic rings. The summed E-state index contributed by atoms with van der Waals surface area (Å²) in [5.74, 6) is 3.02. The Labute approximate surface area is 214 Å². The third-order valence-corrected chi connectivity index (χ3v) is 11.4. The van der Waals surface area contributed by atoms with Crippen molar-refractivity contribution in [1.82, 2.24) is 0 Å². The third-order valence-electron chi connectivity index (χ3n) is 11.4. The van der Waals surface area contributed by atoms with Crippen molar-refractivity contribution in [2.24, 2.45) is 59.2 Å². The molecule has 2 saturated heterocycles. The van der Waals surface area contributed by atoms with Crippen LogP contribution in [0.1, 0.15) is 92.9 Å². The lowest BCUT2D eigenvalue weighted by molar-refractivity contribution is -0.198. The lowest BCUT2D eigenvalue weighted by Gasteiger charge is -2.47. The summed E-state index contributed by atoms with van der Waals surface area (Å²) in [6, 6.07) is 0. The van der Waals surface area contributed by atoms with E-state index >= 15 is 0 Å². The van der Waals surface area contributed by atoms with Crippen LogP contribution in [0.15, 0.2) is 0 Å². The normalized spacial score (nSPS) is 48.4. The van der Waals surface area contributed by atoms with E-state index in [0.29, 0.717) is 66.5 Å². The van der Waals surface area contributed by atoms with E-state index in [2.05, 4.69) is 34.6 Å². The van der Waals surface area contributed by atoms with Gasteiger partial charge in [0.1, 0.15) is 0 Å². The average Bonchev–Trinajstić information content (AvgIpc) is 3.12. The van der Waals surface area contributed by atoms with E-state index in [-0.39, 0.29) is 11.8 Å². The van der Waals surface area contributed by atoms with Crippen molar-refractivity contribution < 1.29 is 24.8 Å². The minimum absolute atomic E-state index is 0.00261. The molecule has 0 radical (unpaired) electrons. The van der Waals surface area contributed by atoms with Crippen molar-refractivity contribution in [2.45, 2.75) is 117 Å². The maximum absolute atomic E-state index is 11.5. The highest BCUT2D eigenvalue weighted by Gasteiger charge is 2.48. The van der Waals surface area contributed by atoms with Gasteiger partial charge in [0, 0.05) is 6.42 Å². The fourth-order valence-corrected chi connectivity index (χ4v) is 8.74. The quantitative estimate of drug-likeness (QED) is 0.486. The molecule has 0 aromatic heterocycles. The predicted molar refractivity (Wildman–Crippen MR) is 139 cm³/mol. The second-order valence-electron chi connectivity index (χ2n) is 13.5. The Balaban J connectivity index is 1.45. The number of ether oxygens (including phenoxy) is 2. The van der Waals surface area contributed by atoms with E-state index in [0.717, 1.165) is 38.7 Å². The van der Waals surface area contributed by atoms with Crippen LogP contribution in [0.4, 0.5) is 0 Å². The molecule has 0 bridgehead atoms. The highest BCUT2D eigenvalue weighted by Crippen LogP contribution is 2.50. The molecule has 4 rings (SSSR count). The summed E-state index contributed by atoms with van der Waals surface area (Å²) in [6.45, 7) is 14.4. The highest BCUT2D eigenvalue weighted by atomic mass is 16.6. The van der Waals surface area contributed by atoms with Crippen molar-refractivity contribution in [3.63, 3.8) is 0 Å². The van der Waals surface area contributed by atoms with Crippen LogP contribution >= 0.6 is 0 Å². The Bertz CT molecular complexity index is 682. The predicted octanol–water partition coefficient (Wildman–Crippen LogP) is 5.26. The SMILES string of the molecule is CC1CCC2C(CO1)[C@H](C(C)C(O)C(O)C(C)[C@@H]1CC[C@@H](C)C3CC[C@@](C)(O)OCC31)CC[C@H]2C. The van der Waals surface area contributed by atoms with Gasteiger partial charge in [-0.1, -0.05) is 40.5 Å². The van der Waals surface area contributed by atoms with Crippen LogP contribution in [0.2, 0.25) is 0 Å². The van der Waals surface area contributed by atoms with Crippen molar-refractivity contribution >= 4 is 0 Å². The van der Waals surface area contributed by atoms with Gasteiger partial charge < -0.3 is 24.8 Å². The number of rotatable bonds is 5. The molecule has 2 aliphatic heterocycles. The molecule has 0 aromatic rings. The smallest absolute Gasteiger partial charge is 0.162 e. The van der Waals surface area contributed by atoms with Crippen molar-refractivity contribution in [3.05, 3.63) is 0 Å². The minimum atomic E-state index is -1.05. The minimum Gasteiger partial charge on any atom is -0.390 e. The fourth-order valence-electron chi connectivity index (χ4n) is 8.74. The summed E-state index contributed by atoms with van der Waals surface area (Å²) in [4.78, 5) is 0. The Morgan fingerprint density at radius 3 is 1.77 bits per heavy atom. The molecule has 2 saturated carbocycles. The molecule has 0 aromatic carbocycles. The number of fused-ring (bicyclic) bond motifs is 2. The van der Waals surface area contributed by atoms with Gasteiger partial charge in [-0.15, -0.1) is 0 Å². The summed E-state index contributed by atoms with van der Waals surface area (Å²) in [6.07, 6.45) is 7.39. The zero-order valence-electron chi connectivity index (χ0n) is 23.2. The summed E-state index contributed by atoms with van der Waals surface area (Å²) < 4.78 is 12.2. The molecule has 3 N–H and O–H groups in total. The van der Waals surface area contributed by atoms with E-state index in [1.54, 1.807) is 6.92 Å². The van der Waals surface area contributed by atoms with E-state index in [1.807, 2.05) is 0 Å². The maximum Gasteiger partial charge on any atom is 0.162 e. The van der Waals surface area contributed by atoms with Gasteiger partial charge in [0.15, 0.2) is 5.79 Å². The summed E-state index contributed by atoms with van der Waals surface area (Å²) in [5.41, 5.74) is 0. The molecule has 14 atom stereocenters. The van der Waals surface area contributed by atoms with E-state index in [9.17, 15) is 15.3 Å². The fraction of sp³-hybridized carbons (Fsp3) is 1.00. The summed E-state index contributed by atoms with van der Waals surface area (Å²) in [5, 5.41) is 33.6. The molecule has 5 heteroatoms. The van der Waals surface area contributed by atoms with Crippen molar-refractivity contribution in [2.75, 3.05) is 13.2 Å².